The van der Waals surface area contributed by atoms with Crippen LogP contribution in [0.15, 0.2) is 18.3 Å². The van der Waals surface area contributed by atoms with Gasteiger partial charge in [0.25, 0.3) is 0 Å². The minimum absolute atomic E-state index is 0.157. The minimum Gasteiger partial charge on any atom is -0.493 e. The largest absolute Gasteiger partial charge is 0.493 e. The summed E-state index contributed by atoms with van der Waals surface area (Å²) < 4.78 is 10.8. The molecule has 0 atom stereocenters. The number of benzene rings is 1. The van der Waals surface area contributed by atoms with E-state index in [0.717, 1.165) is 23.1 Å². The normalized spacial score (nSPS) is 9.87. The lowest BCUT2D eigenvalue weighted by Gasteiger charge is -2.14. The molecule has 0 saturated heterocycles. The minimum atomic E-state index is 0.157. The fourth-order valence-corrected chi connectivity index (χ4v) is 2.20. The Morgan fingerprint density at radius 3 is 2.52 bits per heavy atom. The lowest BCUT2D eigenvalue weighted by molar-refractivity contribution is 0.354. The van der Waals surface area contributed by atoms with Crippen LogP contribution in [0.1, 0.15) is 30.0 Å². The maximum atomic E-state index is 5.92. The molecule has 0 aliphatic heterocycles. The van der Waals surface area contributed by atoms with Crippen molar-refractivity contribution in [2.24, 2.45) is 0 Å². The van der Waals surface area contributed by atoms with Crippen LogP contribution in [0.2, 0.25) is 0 Å². The zero-order valence-corrected chi connectivity index (χ0v) is 13.5. The van der Waals surface area contributed by atoms with Crippen molar-refractivity contribution >= 4 is 11.8 Å². The van der Waals surface area contributed by atoms with Crippen LogP contribution in [0.3, 0.4) is 0 Å². The molecule has 0 aliphatic carbocycles. The summed E-state index contributed by atoms with van der Waals surface area (Å²) in [6.45, 7) is 1.99. The van der Waals surface area contributed by atoms with E-state index in [4.69, 9.17) is 20.9 Å². The van der Waals surface area contributed by atoms with Gasteiger partial charge in [-0.3, -0.25) is 0 Å². The summed E-state index contributed by atoms with van der Waals surface area (Å²) in [5.74, 6) is 7.99. The van der Waals surface area contributed by atoms with Crippen molar-refractivity contribution in [1.82, 2.24) is 9.97 Å². The van der Waals surface area contributed by atoms with Crippen LogP contribution in [0.25, 0.3) is 0 Å². The van der Waals surface area contributed by atoms with Gasteiger partial charge in [0.1, 0.15) is 5.82 Å². The van der Waals surface area contributed by atoms with E-state index in [9.17, 15) is 0 Å². The quantitative estimate of drug-likeness (QED) is 0.838. The van der Waals surface area contributed by atoms with Crippen LogP contribution in [-0.2, 0) is 6.42 Å². The van der Waals surface area contributed by atoms with Crippen molar-refractivity contribution < 1.29 is 9.47 Å². The fourth-order valence-electron chi connectivity index (χ4n) is 2.20. The van der Waals surface area contributed by atoms with Gasteiger partial charge in [-0.25, -0.2) is 4.98 Å². The number of aromatic nitrogens is 2. The van der Waals surface area contributed by atoms with Crippen LogP contribution in [0, 0.1) is 11.8 Å². The molecule has 0 bridgehead atoms. The lowest BCUT2D eigenvalue weighted by Crippen LogP contribution is -2.05. The van der Waals surface area contributed by atoms with Gasteiger partial charge < -0.3 is 20.9 Å². The van der Waals surface area contributed by atoms with E-state index in [1.165, 1.54) is 0 Å². The number of ether oxygens (including phenoxy) is 2. The van der Waals surface area contributed by atoms with Gasteiger partial charge in [-0.15, -0.1) is 0 Å². The molecule has 1 aromatic carbocycles. The molecule has 2 aromatic rings. The van der Waals surface area contributed by atoms with Gasteiger partial charge in [0, 0.05) is 24.6 Å². The maximum Gasteiger partial charge on any atom is 0.221 e. The van der Waals surface area contributed by atoms with Gasteiger partial charge in [-0.1, -0.05) is 24.8 Å². The molecule has 6 nitrogen and oxygen atoms in total. The number of anilines is 2. The molecule has 0 unspecified atom stereocenters. The lowest BCUT2D eigenvalue weighted by atomic mass is 9.99. The first kappa shape index (κ1) is 16.4. The molecule has 2 rings (SSSR count). The molecule has 4 N–H and O–H groups in total. The van der Waals surface area contributed by atoms with E-state index >= 15 is 0 Å². The highest BCUT2D eigenvalue weighted by Gasteiger charge is 2.15. The third kappa shape index (κ3) is 3.64. The average Bonchev–Trinajstić information content (AvgIpc) is 2.55. The topological polar surface area (TPSA) is 96.3 Å². The van der Waals surface area contributed by atoms with E-state index in [0.29, 0.717) is 23.7 Å². The molecule has 6 heteroatoms. The SMILES string of the molecule is CCC#Cc1c(Cc2cnc(N)nc2N)ccc(OC)c1OC. The predicted molar refractivity (Wildman–Crippen MR) is 90.4 cm³/mol. The molecule has 1 heterocycles. The molecule has 0 radical (unpaired) electrons. The van der Waals surface area contributed by atoms with Crippen LogP contribution in [0.4, 0.5) is 11.8 Å². The highest BCUT2D eigenvalue weighted by molar-refractivity contribution is 5.60. The number of hydrogen-bond acceptors (Lipinski definition) is 6. The van der Waals surface area contributed by atoms with E-state index < -0.39 is 0 Å². The standard InChI is InChI=1S/C17H20N4O2/c1-4-5-6-13-11(7-8-14(22-2)15(13)23-3)9-12-10-20-17(19)21-16(12)18/h7-8,10H,4,9H2,1-3H3,(H4,18,19,20,21). The molecule has 23 heavy (non-hydrogen) atoms. The van der Waals surface area contributed by atoms with E-state index in [-0.39, 0.29) is 5.95 Å². The number of nitrogens with two attached hydrogens (primary N) is 2. The second-order valence-corrected chi connectivity index (χ2v) is 4.81. The maximum absolute atomic E-state index is 5.92. The van der Waals surface area contributed by atoms with Crippen molar-refractivity contribution in [2.75, 3.05) is 25.7 Å². The Morgan fingerprint density at radius 2 is 1.91 bits per heavy atom. The van der Waals surface area contributed by atoms with Crippen LogP contribution in [-0.4, -0.2) is 24.2 Å². The van der Waals surface area contributed by atoms with E-state index in [1.807, 2.05) is 19.1 Å². The molecule has 0 saturated carbocycles. The number of nitrogens with zero attached hydrogens (tertiary/aromatic N) is 2. The fraction of sp³-hybridized carbons (Fsp3) is 0.294. The molecular weight excluding hydrogens is 292 g/mol. The molecule has 0 aliphatic rings. The number of hydrogen-bond donors (Lipinski definition) is 2. The third-order valence-corrected chi connectivity index (χ3v) is 3.32. The van der Waals surface area contributed by atoms with Crippen molar-refractivity contribution in [3.8, 4) is 23.3 Å². The Kier molecular flexibility index (Phi) is 5.26. The van der Waals surface area contributed by atoms with Gasteiger partial charge in [0.2, 0.25) is 5.95 Å². The smallest absolute Gasteiger partial charge is 0.221 e. The highest BCUT2D eigenvalue weighted by Crippen LogP contribution is 2.34. The number of methoxy groups -OCH3 is 2. The summed E-state index contributed by atoms with van der Waals surface area (Å²) in [6.07, 6.45) is 2.90. The summed E-state index contributed by atoms with van der Waals surface area (Å²) in [5, 5.41) is 0. The third-order valence-electron chi connectivity index (χ3n) is 3.32. The van der Waals surface area contributed by atoms with Gasteiger partial charge in [-0.05, 0) is 11.6 Å². The summed E-state index contributed by atoms with van der Waals surface area (Å²) >= 11 is 0. The summed E-state index contributed by atoms with van der Waals surface area (Å²) in [6, 6.07) is 3.79. The Hall–Kier alpha value is -2.94. The van der Waals surface area contributed by atoms with Crippen molar-refractivity contribution in [3.63, 3.8) is 0 Å². The second kappa shape index (κ2) is 7.36. The first-order valence-electron chi connectivity index (χ1n) is 7.20. The Bertz CT molecular complexity index is 763. The van der Waals surface area contributed by atoms with Crippen LogP contribution in [0.5, 0.6) is 11.5 Å². The second-order valence-electron chi connectivity index (χ2n) is 4.81. The number of nitrogen functional groups attached to an aromatic ring is 2. The van der Waals surface area contributed by atoms with Gasteiger partial charge in [-0.2, -0.15) is 4.98 Å². The Balaban J connectivity index is 2.52. The van der Waals surface area contributed by atoms with Gasteiger partial charge in [0.05, 0.1) is 19.8 Å². The zero-order chi connectivity index (χ0) is 16.8. The van der Waals surface area contributed by atoms with Crippen LogP contribution >= 0.6 is 0 Å². The van der Waals surface area contributed by atoms with E-state index in [2.05, 4.69) is 21.8 Å². The van der Waals surface area contributed by atoms with E-state index in [1.54, 1.807) is 20.4 Å². The zero-order valence-electron chi connectivity index (χ0n) is 13.5. The van der Waals surface area contributed by atoms with Gasteiger partial charge >= 0.3 is 0 Å². The first-order chi connectivity index (χ1) is 11.1. The van der Waals surface area contributed by atoms with Crippen molar-refractivity contribution in [2.45, 2.75) is 19.8 Å². The van der Waals surface area contributed by atoms with Gasteiger partial charge in [0.15, 0.2) is 11.5 Å². The molecule has 0 fully saturated rings. The molecule has 120 valence electrons. The Morgan fingerprint density at radius 1 is 1.13 bits per heavy atom. The highest BCUT2D eigenvalue weighted by atomic mass is 16.5. The molecular formula is C17H20N4O2. The first-order valence-corrected chi connectivity index (χ1v) is 7.20. The Labute approximate surface area is 135 Å². The average molecular weight is 312 g/mol. The number of rotatable bonds is 4. The molecule has 0 amide bonds. The van der Waals surface area contributed by atoms with Crippen LogP contribution < -0.4 is 20.9 Å². The monoisotopic (exact) mass is 312 g/mol. The molecule has 0 spiro atoms. The predicted octanol–water partition coefficient (Wildman–Crippen LogP) is 2.01. The molecule has 1 aromatic heterocycles. The summed E-state index contributed by atoms with van der Waals surface area (Å²) in [5.41, 5.74) is 14.0. The van der Waals surface area contributed by atoms with Crippen molar-refractivity contribution in [1.29, 1.82) is 0 Å². The summed E-state index contributed by atoms with van der Waals surface area (Å²) in [4.78, 5) is 7.99. The van der Waals surface area contributed by atoms with Crippen molar-refractivity contribution in [3.05, 3.63) is 35.0 Å². The summed E-state index contributed by atoms with van der Waals surface area (Å²) in [7, 11) is 3.19.